The molecule has 2 rings (SSSR count). The molecular weight excluding hydrogens is 386 g/mol. The second-order valence-electron chi connectivity index (χ2n) is 6.75. The molecule has 12 nitrogen and oxygen atoms in total. The lowest BCUT2D eigenvalue weighted by Gasteiger charge is -2.16. The monoisotopic (exact) mass is 409 g/mol. The minimum Gasteiger partial charge on any atom is -0.481 e. The van der Waals surface area contributed by atoms with Gasteiger partial charge in [-0.25, -0.2) is 4.79 Å². The Morgan fingerprint density at radius 2 is 2.10 bits per heavy atom. The van der Waals surface area contributed by atoms with Gasteiger partial charge in [0.15, 0.2) is 0 Å². The number of H-pyrrole nitrogens is 1. The molecule has 1 fully saturated rings. The van der Waals surface area contributed by atoms with Gasteiger partial charge < -0.3 is 14.6 Å². The van der Waals surface area contributed by atoms with E-state index < -0.39 is 41.6 Å². The third-order valence-electron chi connectivity index (χ3n) is 4.54. The lowest BCUT2D eigenvalue weighted by molar-refractivity contribution is -0.148. The molecule has 12 heteroatoms. The molecule has 29 heavy (non-hydrogen) atoms. The van der Waals surface area contributed by atoms with Gasteiger partial charge in [0.1, 0.15) is 18.9 Å². The Bertz CT molecular complexity index is 902. The van der Waals surface area contributed by atoms with Crippen LogP contribution in [-0.2, 0) is 19.1 Å². The van der Waals surface area contributed by atoms with Gasteiger partial charge >= 0.3 is 17.6 Å². The number of esters is 1. The average Bonchev–Trinajstić information content (AvgIpc) is 3.05. The summed E-state index contributed by atoms with van der Waals surface area (Å²) in [6.07, 6.45) is 1.84. The number of carboxylic acid groups (broad SMARTS) is 1. The number of hydrogen-bond donors (Lipinski definition) is 2. The summed E-state index contributed by atoms with van der Waals surface area (Å²) in [5.74, 6) is -1.34. The van der Waals surface area contributed by atoms with E-state index in [9.17, 15) is 19.2 Å². The van der Waals surface area contributed by atoms with E-state index in [1.807, 2.05) is 0 Å². The maximum Gasteiger partial charge on any atom is 0.330 e. The zero-order chi connectivity index (χ0) is 21.4. The minimum absolute atomic E-state index is 0.0593. The Labute approximate surface area is 165 Å². The largest absolute Gasteiger partial charge is 0.481 e. The highest BCUT2D eigenvalue weighted by molar-refractivity contribution is 5.69. The number of aryl methyl sites for hydroxylation is 1. The van der Waals surface area contributed by atoms with E-state index in [0.29, 0.717) is 24.8 Å². The van der Waals surface area contributed by atoms with Gasteiger partial charge in [0.05, 0.1) is 6.04 Å². The summed E-state index contributed by atoms with van der Waals surface area (Å²) < 4.78 is 12.1. The Kier molecular flexibility index (Phi) is 7.98. The number of aliphatic carboxylic acids is 1. The van der Waals surface area contributed by atoms with Crippen LogP contribution in [-0.4, -0.2) is 45.3 Å². The average molecular weight is 409 g/mol. The number of hydrogen-bond acceptors (Lipinski definition) is 7. The molecule has 0 spiro atoms. The lowest BCUT2D eigenvalue weighted by atomic mass is 10.1. The van der Waals surface area contributed by atoms with Crippen LogP contribution in [0.5, 0.6) is 0 Å². The van der Waals surface area contributed by atoms with Crippen molar-refractivity contribution in [2.24, 2.45) is 5.11 Å². The molecule has 1 aliphatic rings. The van der Waals surface area contributed by atoms with E-state index >= 15 is 0 Å². The number of nitrogens with one attached hydrogen (secondary N) is 1. The van der Waals surface area contributed by atoms with E-state index in [4.69, 9.17) is 20.1 Å². The van der Waals surface area contributed by atoms with Gasteiger partial charge in [0.25, 0.3) is 5.56 Å². The van der Waals surface area contributed by atoms with Crippen LogP contribution >= 0.6 is 0 Å². The van der Waals surface area contributed by atoms with Crippen LogP contribution in [0.25, 0.3) is 10.4 Å². The number of rotatable bonds is 10. The van der Waals surface area contributed by atoms with Crippen molar-refractivity contribution in [2.45, 2.75) is 63.8 Å². The van der Waals surface area contributed by atoms with Crippen LogP contribution in [0.1, 0.15) is 50.3 Å². The van der Waals surface area contributed by atoms with E-state index in [1.54, 1.807) is 6.92 Å². The van der Waals surface area contributed by atoms with Crippen LogP contribution in [0.2, 0.25) is 0 Å². The first-order valence-corrected chi connectivity index (χ1v) is 9.21. The highest BCUT2D eigenvalue weighted by Crippen LogP contribution is 2.30. The number of azide groups is 1. The second kappa shape index (κ2) is 10.4. The maximum atomic E-state index is 12.0. The van der Waals surface area contributed by atoms with Crippen molar-refractivity contribution in [3.05, 3.63) is 43.0 Å². The molecule has 1 saturated heterocycles. The third-order valence-corrected chi connectivity index (χ3v) is 4.54. The first-order valence-electron chi connectivity index (χ1n) is 9.21. The predicted molar refractivity (Wildman–Crippen MR) is 99.2 cm³/mol. The predicted octanol–water partition coefficient (Wildman–Crippen LogP) is 1.39. The summed E-state index contributed by atoms with van der Waals surface area (Å²) in [4.78, 5) is 50.8. The molecule has 0 radical (unpaired) electrons. The highest BCUT2D eigenvalue weighted by Gasteiger charge is 2.37. The van der Waals surface area contributed by atoms with Crippen molar-refractivity contribution in [3.8, 4) is 0 Å². The van der Waals surface area contributed by atoms with Crippen molar-refractivity contribution < 1.29 is 24.2 Å². The van der Waals surface area contributed by atoms with Crippen molar-refractivity contribution in [1.82, 2.24) is 9.55 Å². The number of nitrogens with zero attached hydrogens (tertiary/aromatic N) is 4. The molecular formula is C17H23N5O7. The Hall–Kier alpha value is -3.11. The van der Waals surface area contributed by atoms with E-state index in [2.05, 4.69) is 15.0 Å². The molecule has 0 amide bonds. The molecule has 1 aliphatic heterocycles. The fourth-order valence-electron chi connectivity index (χ4n) is 2.99. The third kappa shape index (κ3) is 6.47. The number of aromatic amines is 1. The number of carbonyl (C=O) groups is 2. The van der Waals surface area contributed by atoms with Crippen LogP contribution in [0, 0.1) is 6.92 Å². The van der Waals surface area contributed by atoms with Gasteiger partial charge in [-0.15, -0.1) is 0 Å². The van der Waals surface area contributed by atoms with Crippen LogP contribution < -0.4 is 11.2 Å². The first-order chi connectivity index (χ1) is 13.8. The van der Waals surface area contributed by atoms with Gasteiger partial charge in [-0.2, -0.15) is 0 Å². The highest BCUT2D eigenvalue weighted by atomic mass is 16.6. The Balaban J connectivity index is 1.91. The normalized spacial score (nSPS) is 20.8. The summed E-state index contributed by atoms with van der Waals surface area (Å²) in [7, 11) is 0. The van der Waals surface area contributed by atoms with E-state index in [1.165, 1.54) is 10.8 Å². The number of unbranched alkanes of at least 4 members (excludes halogenated alkanes) is 2. The smallest absolute Gasteiger partial charge is 0.330 e. The summed E-state index contributed by atoms with van der Waals surface area (Å²) in [5.41, 5.74) is 7.94. The lowest BCUT2D eigenvalue weighted by Crippen LogP contribution is -2.33. The number of ether oxygens (including phenoxy) is 2. The summed E-state index contributed by atoms with van der Waals surface area (Å²) in [5, 5.41) is 12.2. The van der Waals surface area contributed by atoms with Gasteiger partial charge in [0, 0.05) is 35.9 Å². The fourth-order valence-corrected chi connectivity index (χ4v) is 2.99. The molecule has 2 heterocycles. The molecule has 1 aromatic heterocycles. The fraction of sp³-hybridized carbons (Fsp3) is 0.647. The van der Waals surface area contributed by atoms with E-state index in [0.717, 1.165) is 0 Å². The quantitative estimate of drug-likeness (QED) is 0.193. The number of carboxylic acids is 1. The second-order valence-corrected chi connectivity index (χ2v) is 6.75. The van der Waals surface area contributed by atoms with E-state index in [-0.39, 0.29) is 25.9 Å². The summed E-state index contributed by atoms with van der Waals surface area (Å²) in [6, 6.07) is -0.646. The number of aromatic nitrogens is 2. The van der Waals surface area contributed by atoms with Gasteiger partial charge in [-0.3, -0.25) is 23.9 Å². The molecule has 158 valence electrons. The topological polar surface area (TPSA) is 176 Å². The number of carbonyl (C=O) groups excluding carboxylic acids is 1. The Morgan fingerprint density at radius 3 is 2.79 bits per heavy atom. The molecule has 0 aliphatic carbocycles. The van der Waals surface area contributed by atoms with Gasteiger partial charge in [-0.05, 0) is 25.3 Å². The molecule has 0 saturated carbocycles. The zero-order valence-electron chi connectivity index (χ0n) is 15.9. The molecule has 0 aromatic carbocycles. The summed E-state index contributed by atoms with van der Waals surface area (Å²) >= 11 is 0. The zero-order valence-corrected chi connectivity index (χ0v) is 15.9. The van der Waals surface area contributed by atoms with Crippen molar-refractivity contribution in [1.29, 1.82) is 0 Å². The molecule has 2 N–H and O–H groups in total. The maximum absolute atomic E-state index is 12.0. The van der Waals surface area contributed by atoms with Crippen molar-refractivity contribution >= 4 is 11.9 Å². The standard InChI is InChI=1S/C17H23N5O7/c1-10-8-22(17(27)19-16(10)26)13-7-11(20-21-18)12(29-13)9-28-15(25)6-4-2-3-5-14(23)24/h8,11-13H,2-7,9H2,1H3,(H,23,24)(H,19,26,27)/t11-,12+,13+/m0/s1. The molecule has 0 bridgehead atoms. The van der Waals surface area contributed by atoms with Gasteiger partial charge in [-0.1, -0.05) is 11.5 Å². The SMILES string of the molecule is Cc1cn([C@H]2C[C@H](N=[N+]=[N-])[C@@H](COC(=O)CCCCCC(=O)O)O2)c(=O)[nH]c1=O. The molecule has 1 aromatic rings. The minimum atomic E-state index is -0.874. The van der Waals surface area contributed by atoms with Crippen molar-refractivity contribution in [3.63, 3.8) is 0 Å². The van der Waals surface area contributed by atoms with Crippen molar-refractivity contribution in [2.75, 3.05) is 6.61 Å². The van der Waals surface area contributed by atoms with Crippen LogP contribution in [0.15, 0.2) is 20.9 Å². The Morgan fingerprint density at radius 1 is 1.38 bits per heavy atom. The van der Waals surface area contributed by atoms with Crippen LogP contribution in [0.4, 0.5) is 0 Å². The van der Waals surface area contributed by atoms with Gasteiger partial charge in [0.2, 0.25) is 0 Å². The summed E-state index contributed by atoms with van der Waals surface area (Å²) in [6.45, 7) is 1.40. The molecule has 3 atom stereocenters. The first kappa shape index (κ1) is 22.2. The van der Waals surface area contributed by atoms with Crippen LogP contribution in [0.3, 0.4) is 0 Å². The molecule has 0 unspecified atom stereocenters.